The predicted octanol–water partition coefficient (Wildman–Crippen LogP) is 2.07. The van der Waals surface area contributed by atoms with Gasteiger partial charge in [-0.3, -0.25) is 0 Å². The van der Waals surface area contributed by atoms with Gasteiger partial charge in [-0.2, -0.15) is 9.29 Å². The van der Waals surface area contributed by atoms with Crippen molar-refractivity contribution in [3.05, 3.63) is 11.7 Å². The van der Waals surface area contributed by atoms with Gasteiger partial charge < -0.3 is 4.52 Å². The molecule has 2 heterocycles. The molecule has 0 N–H and O–H groups in total. The summed E-state index contributed by atoms with van der Waals surface area (Å²) in [6, 6.07) is -0.284. The number of hydrogen-bond acceptors (Lipinski definition) is 5. The van der Waals surface area contributed by atoms with Crippen molar-refractivity contribution in [3.63, 3.8) is 0 Å². The van der Waals surface area contributed by atoms with Crippen molar-refractivity contribution in [3.8, 4) is 0 Å². The second-order valence-electron chi connectivity index (χ2n) is 5.38. The van der Waals surface area contributed by atoms with Crippen molar-refractivity contribution in [2.75, 3.05) is 12.8 Å². The van der Waals surface area contributed by atoms with E-state index in [9.17, 15) is 8.42 Å². The first-order chi connectivity index (χ1) is 8.89. The van der Waals surface area contributed by atoms with Gasteiger partial charge in [-0.15, -0.1) is 0 Å². The maximum absolute atomic E-state index is 11.9. The maximum Gasteiger partial charge on any atom is 0.229 e. The van der Waals surface area contributed by atoms with E-state index in [2.05, 4.69) is 10.1 Å². The summed E-state index contributed by atoms with van der Waals surface area (Å²) in [6.45, 7) is 4.48. The van der Waals surface area contributed by atoms with Crippen LogP contribution in [0, 0.1) is 0 Å². The highest BCUT2D eigenvalue weighted by Crippen LogP contribution is 2.30. The molecule has 108 valence electrons. The van der Waals surface area contributed by atoms with Crippen LogP contribution in [0.25, 0.3) is 0 Å². The molecule has 0 unspecified atom stereocenters. The summed E-state index contributed by atoms with van der Waals surface area (Å²) in [5.74, 6) is 1.21. The Hall–Kier alpha value is -0.950. The number of nitrogens with zero attached hydrogens (tertiary/aromatic N) is 3. The van der Waals surface area contributed by atoms with E-state index in [1.165, 1.54) is 10.6 Å². The van der Waals surface area contributed by atoms with E-state index in [4.69, 9.17) is 4.52 Å². The number of rotatable bonds is 3. The number of sulfonamides is 1. The monoisotopic (exact) mass is 287 g/mol. The largest absolute Gasteiger partial charge is 0.339 e. The van der Waals surface area contributed by atoms with Crippen molar-refractivity contribution in [1.82, 2.24) is 14.4 Å². The third-order valence-electron chi connectivity index (χ3n) is 3.38. The molecule has 0 bridgehead atoms. The minimum atomic E-state index is -3.25. The predicted molar refractivity (Wildman–Crippen MR) is 71.1 cm³/mol. The van der Waals surface area contributed by atoms with E-state index in [-0.39, 0.29) is 12.0 Å². The summed E-state index contributed by atoms with van der Waals surface area (Å²) < 4.78 is 30.5. The molecule has 1 aromatic heterocycles. The molecule has 0 radical (unpaired) electrons. The van der Waals surface area contributed by atoms with Gasteiger partial charge >= 0.3 is 0 Å². The molecule has 1 atom stereocenters. The highest BCUT2D eigenvalue weighted by Gasteiger charge is 2.32. The zero-order valence-corrected chi connectivity index (χ0v) is 12.5. The second-order valence-corrected chi connectivity index (χ2v) is 7.32. The summed E-state index contributed by atoms with van der Waals surface area (Å²) in [6.07, 6.45) is 4.91. The summed E-state index contributed by atoms with van der Waals surface area (Å²) in [4.78, 5) is 4.35. The lowest BCUT2D eigenvalue weighted by Crippen LogP contribution is -2.34. The number of hydrogen-bond donors (Lipinski definition) is 0. The fourth-order valence-electron chi connectivity index (χ4n) is 2.35. The van der Waals surface area contributed by atoms with Crippen molar-refractivity contribution >= 4 is 10.0 Å². The van der Waals surface area contributed by atoms with Crippen LogP contribution in [0.1, 0.15) is 63.2 Å². The molecule has 1 aliphatic rings. The lowest BCUT2D eigenvalue weighted by atomic mass is 10.1. The maximum atomic E-state index is 11.9. The third kappa shape index (κ3) is 3.33. The molecule has 0 amide bonds. The lowest BCUT2D eigenvalue weighted by Gasteiger charge is -2.24. The van der Waals surface area contributed by atoms with Gasteiger partial charge in [0.05, 0.1) is 12.3 Å². The zero-order valence-electron chi connectivity index (χ0n) is 11.7. The lowest BCUT2D eigenvalue weighted by molar-refractivity contribution is 0.302. The molecule has 1 aliphatic heterocycles. The summed E-state index contributed by atoms with van der Waals surface area (Å²) >= 11 is 0. The molecule has 0 aromatic carbocycles. The van der Waals surface area contributed by atoms with Crippen LogP contribution in [0.4, 0.5) is 0 Å². The van der Waals surface area contributed by atoms with E-state index in [1.54, 1.807) is 0 Å². The van der Waals surface area contributed by atoms with Gasteiger partial charge in [0.25, 0.3) is 0 Å². The first-order valence-corrected chi connectivity index (χ1v) is 8.54. The van der Waals surface area contributed by atoms with Gasteiger partial charge in [-0.05, 0) is 12.8 Å². The SMILES string of the molecule is CC(C)c1nc([C@H]2CCCCCN2S(C)(=O)=O)no1. The van der Waals surface area contributed by atoms with E-state index in [0.717, 1.165) is 25.7 Å². The van der Waals surface area contributed by atoms with E-state index in [1.807, 2.05) is 13.8 Å². The van der Waals surface area contributed by atoms with E-state index < -0.39 is 10.0 Å². The molecule has 1 saturated heterocycles. The van der Waals surface area contributed by atoms with Crippen LogP contribution in [0.15, 0.2) is 4.52 Å². The highest BCUT2D eigenvalue weighted by atomic mass is 32.2. The molecule has 1 fully saturated rings. The Morgan fingerprint density at radius 3 is 2.63 bits per heavy atom. The van der Waals surface area contributed by atoms with Crippen LogP contribution in [0.3, 0.4) is 0 Å². The van der Waals surface area contributed by atoms with Crippen LogP contribution in [-0.4, -0.2) is 35.7 Å². The van der Waals surface area contributed by atoms with Gasteiger partial charge in [0, 0.05) is 12.5 Å². The third-order valence-corrected chi connectivity index (χ3v) is 4.67. The molecule has 0 spiro atoms. The molecule has 6 nitrogen and oxygen atoms in total. The molecule has 0 saturated carbocycles. The Bertz CT molecular complexity index is 524. The number of aromatic nitrogens is 2. The average molecular weight is 287 g/mol. The Kier molecular flexibility index (Phi) is 4.25. The van der Waals surface area contributed by atoms with Gasteiger partial charge in [-0.25, -0.2) is 8.42 Å². The quantitative estimate of drug-likeness (QED) is 0.850. The van der Waals surface area contributed by atoms with Gasteiger partial charge in [0.15, 0.2) is 5.82 Å². The zero-order chi connectivity index (χ0) is 14.0. The van der Waals surface area contributed by atoms with Gasteiger partial charge in [0.1, 0.15) is 0 Å². The average Bonchev–Trinajstić information content (AvgIpc) is 2.65. The molecule has 7 heteroatoms. The Balaban J connectivity index is 2.31. The topological polar surface area (TPSA) is 76.3 Å². The Labute approximate surface area is 114 Å². The molecular weight excluding hydrogens is 266 g/mol. The second kappa shape index (κ2) is 5.58. The molecular formula is C12H21N3O3S. The van der Waals surface area contributed by atoms with Crippen molar-refractivity contribution < 1.29 is 12.9 Å². The molecule has 2 rings (SSSR count). The van der Waals surface area contributed by atoms with Crippen LogP contribution >= 0.6 is 0 Å². The first-order valence-electron chi connectivity index (χ1n) is 6.70. The fourth-order valence-corrected chi connectivity index (χ4v) is 3.48. The van der Waals surface area contributed by atoms with Crippen LogP contribution in [-0.2, 0) is 10.0 Å². The molecule has 1 aromatic rings. The Morgan fingerprint density at radius 1 is 1.32 bits per heavy atom. The van der Waals surface area contributed by atoms with E-state index in [0.29, 0.717) is 18.3 Å². The highest BCUT2D eigenvalue weighted by molar-refractivity contribution is 7.88. The normalized spacial score (nSPS) is 22.6. The van der Waals surface area contributed by atoms with Gasteiger partial charge in [0.2, 0.25) is 15.9 Å². The Morgan fingerprint density at radius 2 is 2.05 bits per heavy atom. The smallest absolute Gasteiger partial charge is 0.229 e. The van der Waals surface area contributed by atoms with Crippen LogP contribution in [0.2, 0.25) is 0 Å². The van der Waals surface area contributed by atoms with E-state index >= 15 is 0 Å². The van der Waals surface area contributed by atoms with Gasteiger partial charge in [-0.1, -0.05) is 31.8 Å². The first kappa shape index (κ1) is 14.5. The minimum Gasteiger partial charge on any atom is -0.339 e. The fraction of sp³-hybridized carbons (Fsp3) is 0.833. The summed E-state index contributed by atoms with van der Waals surface area (Å²) in [7, 11) is -3.25. The standard InChI is InChI=1S/C12H21N3O3S/c1-9(2)12-13-11(14-18-12)10-7-5-4-6-8-15(10)19(3,16)17/h9-10H,4-8H2,1-3H3/t10-/m1/s1. The van der Waals surface area contributed by atoms with Crippen molar-refractivity contribution in [2.45, 2.75) is 51.5 Å². The molecule has 0 aliphatic carbocycles. The van der Waals surface area contributed by atoms with Crippen molar-refractivity contribution in [2.24, 2.45) is 0 Å². The summed E-state index contributed by atoms with van der Waals surface area (Å²) in [5, 5.41) is 3.97. The van der Waals surface area contributed by atoms with Crippen molar-refractivity contribution in [1.29, 1.82) is 0 Å². The minimum absolute atomic E-state index is 0.152. The molecule has 19 heavy (non-hydrogen) atoms. The van der Waals surface area contributed by atoms with Crippen LogP contribution < -0.4 is 0 Å². The van der Waals surface area contributed by atoms with Crippen LogP contribution in [0.5, 0.6) is 0 Å². The summed E-state index contributed by atoms with van der Waals surface area (Å²) in [5.41, 5.74) is 0.